The summed E-state index contributed by atoms with van der Waals surface area (Å²) in [6.45, 7) is 2.79. The number of aliphatic hydroxyl groups excluding tert-OH is 8. The van der Waals surface area contributed by atoms with Crippen LogP contribution in [0.4, 0.5) is 0 Å². The van der Waals surface area contributed by atoms with Crippen LogP contribution in [0.3, 0.4) is 0 Å². The summed E-state index contributed by atoms with van der Waals surface area (Å²) in [6.07, 6.45) is 40.4. The molecule has 0 aromatic heterocycles. The van der Waals surface area contributed by atoms with Gasteiger partial charge in [-0.2, -0.15) is 0 Å². The van der Waals surface area contributed by atoms with Gasteiger partial charge >= 0.3 is 0 Å². The summed E-state index contributed by atoms with van der Waals surface area (Å²) in [7, 11) is 0. The molecule has 2 saturated heterocycles. The van der Waals surface area contributed by atoms with E-state index >= 15 is 0 Å². The van der Waals surface area contributed by atoms with Crippen LogP contribution in [0.2, 0.25) is 0 Å². The quantitative estimate of drug-likeness (QED) is 0.0204. The number of rotatable bonds is 49. The Morgan fingerprint density at radius 1 is 0.467 bits per heavy atom. The van der Waals surface area contributed by atoms with E-state index in [4.69, 9.17) is 18.9 Å². The molecule has 75 heavy (non-hydrogen) atoms. The van der Waals surface area contributed by atoms with E-state index in [1.54, 1.807) is 6.08 Å². The van der Waals surface area contributed by atoms with Crippen LogP contribution in [0.25, 0.3) is 0 Å². The summed E-state index contributed by atoms with van der Waals surface area (Å²) in [5.74, 6) is -0.252. The first-order valence-electron chi connectivity index (χ1n) is 30.7. The summed E-state index contributed by atoms with van der Waals surface area (Å²) < 4.78 is 22.8. The van der Waals surface area contributed by atoms with Gasteiger partial charge in [0.1, 0.15) is 48.8 Å². The topological polar surface area (TPSA) is 228 Å². The molecular weight excluding hydrogens is 955 g/mol. The van der Waals surface area contributed by atoms with E-state index in [0.29, 0.717) is 12.8 Å². The molecule has 0 saturated carbocycles. The van der Waals surface area contributed by atoms with Crippen LogP contribution in [-0.4, -0.2) is 140 Å². The average molecular weight is 1070 g/mol. The second kappa shape index (κ2) is 47.1. The number of nitrogens with one attached hydrogen (secondary N) is 1. The monoisotopic (exact) mass is 1070 g/mol. The molecule has 0 bridgehead atoms. The Kier molecular flexibility index (Phi) is 43.5. The number of hydrogen-bond donors (Lipinski definition) is 9. The van der Waals surface area contributed by atoms with Crippen molar-refractivity contribution < 1.29 is 64.6 Å². The first kappa shape index (κ1) is 69.3. The zero-order valence-electron chi connectivity index (χ0n) is 47.3. The first-order chi connectivity index (χ1) is 36.6. The average Bonchev–Trinajstić information content (AvgIpc) is 3.41. The van der Waals surface area contributed by atoms with Crippen molar-refractivity contribution in [2.24, 2.45) is 0 Å². The van der Waals surface area contributed by atoms with Crippen LogP contribution in [-0.2, 0) is 23.7 Å². The lowest BCUT2D eigenvalue weighted by atomic mass is 9.97. The third-order valence-corrected chi connectivity index (χ3v) is 15.0. The maximum absolute atomic E-state index is 13.2. The minimum Gasteiger partial charge on any atom is -0.394 e. The second-order valence-corrected chi connectivity index (χ2v) is 21.8. The van der Waals surface area contributed by atoms with Crippen molar-refractivity contribution in [1.29, 1.82) is 0 Å². The fourth-order valence-electron chi connectivity index (χ4n) is 10.1. The third kappa shape index (κ3) is 32.8. The second-order valence-electron chi connectivity index (χ2n) is 21.8. The van der Waals surface area contributed by atoms with Crippen molar-refractivity contribution >= 4 is 5.91 Å². The summed E-state index contributed by atoms with van der Waals surface area (Å²) in [4.78, 5) is 13.2. The normalized spacial score (nSPS) is 25.3. The van der Waals surface area contributed by atoms with Crippen LogP contribution >= 0.6 is 0 Å². The van der Waals surface area contributed by atoms with Crippen LogP contribution in [0.5, 0.6) is 0 Å². The minimum absolute atomic E-state index is 0.252. The molecule has 0 radical (unpaired) electrons. The first-order valence-corrected chi connectivity index (χ1v) is 30.7. The summed E-state index contributed by atoms with van der Waals surface area (Å²) in [5.41, 5.74) is 0. The Morgan fingerprint density at radius 3 is 1.31 bits per heavy atom. The van der Waals surface area contributed by atoms with Gasteiger partial charge in [0.25, 0.3) is 0 Å². The Hall–Kier alpha value is -1.79. The van der Waals surface area contributed by atoms with Crippen molar-refractivity contribution in [2.45, 2.75) is 325 Å². The van der Waals surface area contributed by atoms with Gasteiger partial charge in [0, 0.05) is 6.42 Å². The number of ether oxygens (including phenoxy) is 4. The molecule has 2 rings (SSSR count). The molecule has 0 aromatic carbocycles. The molecule has 2 fully saturated rings. The molecule has 2 heterocycles. The van der Waals surface area contributed by atoms with Gasteiger partial charge in [0.05, 0.1) is 32.0 Å². The summed E-state index contributed by atoms with van der Waals surface area (Å²) in [6, 6.07) is -0.933. The molecule has 2 aliphatic rings. The van der Waals surface area contributed by atoms with Gasteiger partial charge in [0.15, 0.2) is 12.6 Å². The lowest BCUT2D eigenvalue weighted by molar-refractivity contribution is -0.359. The highest BCUT2D eigenvalue weighted by molar-refractivity contribution is 5.76. The van der Waals surface area contributed by atoms with Gasteiger partial charge < -0.3 is 65.1 Å². The molecule has 14 nitrogen and oxygen atoms in total. The van der Waals surface area contributed by atoms with Crippen molar-refractivity contribution in [3.05, 3.63) is 36.5 Å². The van der Waals surface area contributed by atoms with E-state index in [1.807, 2.05) is 6.08 Å². The molecule has 12 atom stereocenters. The highest BCUT2D eigenvalue weighted by atomic mass is 16.7. The highest BCUT2D eigenvalue weighted by Crippen LogP contribution is 2.30. The number of carbonyl (C=O) groups is 1. The van der Waals surface area contributed by atoms with Gasteiger partial charge in [-0.3, -0.25) is 4.79 Å². The number of amides is 1. The molecule has 440 valence electrons. The highest BCUT2D eigenvalue weighted by Gasteiger charge is 2.51. The van der Waals surface area contributed by atoms with Crippen molar-refractivity contribution in [3.63, 3.8) is 0 Å². The van der Waals surface area contributed by atoms with Gasteiger partial charge in [0.2, 0.25) is 5.91 Å². The smallest absolute Gasteiger partial charge is 0.220 e. The summed E-state index contributed by atoms with van der Waals surface area (Å²) in [5, 5.41) is 87.1. The lowest BCUT2D eigenvalue weighted by Crippen LogP contribution is -2.65. The van der Waals surface area contributed by atoms with Crippen molar-refractivity contribution in [3.8, 4) is 0 Å². The van der Waals surface area contributed by atoms with E-state index < -0.39 is 86.8 Å². The molecule has 12 unspecified atom stereocenters. The van der Waals surface area contributed by atoms with E-state index in [-0.39, 0.29) is 18.9 Å². The maximum Gasteiger partial charge on any atom is 0.220 e. The third-order valence-electron chi connectivity index (χ3n) is 15.0. The molecule has 9 N–H and O–H groups in total. The predicted octanol–water partition coefficient (Wildman–Crippen LogP) is 10.6. The Balaban J connectivity index is 1.77. The number of hydrogen-bond acceptors (Lipinski definition) is 13. The van der Waals surface area contributed by atoms with Gasteiger partial charge in [-0.05, 0) is 57.8 Å². The van der Waals surface area contributed by atoms with E-state index in [2.05, 4.69) is 43.5 Å². The summed E-state index contributed by atoms with van der Waals surface area (Å²) >= 11 is 0. The molecular formula is C61H113NO13. The van der Waals surface area contributed by atoms with E-state index in [0.717, 1.165) is 38.5 Å². The molecule has 14 heteroatoms. The SMILES string of the molecule is CCCCCCCC/C=C\CCCCCCCCCC(=O)NC(COC1OC(CO)C(OC2OC(CO)C(O)C(O)C2O)C(O)C1O)C(O)/C=C/CC/C=C/CCCCCCCCCCCCCCCCCCCC. The van der Waals surface area contributed by atoms with Crippen molar-refractivity contribution in [2.75, 3.05) is 19.8 Å². The predicted molar refractivity (Wildman–Crippen MR) is 300 cm³/mol. The Bertz CT molecular complexity index is 1400. The van der Waals surface area contributed by atoms with E-state index in [9.17, 15) is 45.6 Å². The Morgan fingerprint density at radius 2 is 0.853 bits per heavy atom. The van der Waals surface area contributed by atoms with Gasteiger partial charge in [-0.25, -0.2) is 0 Å². The fraction of sp³-hybridized carbons (Fsp3) is 0.885. The number of carbonyl (C=O) groups excluding carboxylic acids is 1. The molecule has 0 aromatic rings. The van der Waals surface area contributed by atoms with E-state index in [1.165, 1.54) is 180 Å². The van der Waals surface area contributed by atoms with Crippen molar-refractivity contribution in [1.82, 2.24) is 5.32 Å². The fourth-order valence-corrected chi connectivity index (χ4v) is 10.1. The lowest BCUT2D eigenvalue weighted by Gasteiger charge is -2.46. The minimum atomic E-state index is -1.79. The maximum atomic E-state index is 13.2. The zero-order chi connectivity index (χ0) is 54.6. The zero-order valence-corrected chi connectivity index (χ0v) is 47.3. The van der Waals surface area contributed by atoms with Crippen LogP contribution in [0, 0.1) is 0 Å². The largest absolute Gasteiger partial charge is 0.394 e. The molecule has 2 aliphatic heterocycles. The van der Waals surface area contributed by atoms with Gasteiger partial charge in [-0.1, -0.05) is 224 Å². The molecule has 0 aliphatic carbocycles. The van der Waals surface area contributed by atoms with Crippen LogP contribution < -0.4 is 5.32 Å². The Labute approximate surface area is 455 Å². The molecule has 1 amide bonds. The van der Waals surface area contributed by atoms with Gasteiger partial charge in [-0.15, -0.1) is 0 Å². The van der Waals surface area contributed by atoms with Crippen LogP contribution in [0.15, 0.2) is 36.5 Å². The molecule has 0 spiro atoms. The number of aliphatic hydroxyl groups is 8. The van der Waals surface area contributed by atoms with Crippen LogP contribution in [0.1, 0.15) is 251 Å². The number of allylic oxidation sites excluding steroid dienone is 5. The standard InChI is InChI=1S/C61H113NO13/c1-3-5-7-9-11-13-15-17-19-21-22-23-24-25-26-27-29-30-32-34-36-38-40-42-44-50(65)49(62-53(66)45-43-41-39-37-35-33-31-28-20-18-16-14-12-10-8-6-4-2)48-72-60-58(71)56(69)59(52(47-64)74-60)75-61-57(70)55(68)54(67)51(46-63)73-61/h18,20,34,36,42,44,49-52,54-61,63-65,67-71H,3-17,19,21-33,35,37-41,43,45-48H2,1-2H3,(H,62,66)/b20-18-,36-34+,44-42+. The number of unbranched alkanes of at least 4 members (excludes halogenated alkanes) is 32.